The first kappa shape index (κ1) is 15.5. The van der Waals surface area contributed by atoms with Gasteiger partial charge in [0.1, 0.15) is 0 Å². The van der Waals surface area contributed by atoms with Crippen LogP contribution in [0.3, 0.4) is 0 Å². The number of benzene rings is 1. The highest BCUT2D eigenvalue weighted by Gasteiger charge is 2.24. The van der Waals surface area contributed by atoms with Gasteiger partial charge in [-0.15, -0.1) is 12.4 Å². The molecule has 3 rings (SSSR count). The average Bonchev–Trinajstić information content (AvgIpc) is 2.78. The van der Waals surface area contributed by atoms with Gasteiger partial charge in [-0.25, -0.2) is 0 Å². The Bertz CT molecular complexity index is 608. The molecule has 21 heavy (non-hydrogen) atoms. The monoisotopic (exact) mass is 308 g/mol. The van der Waals surface area contributed by atoms with Crippen molar-refractivity contribution in [1.29, 1.82) is 0 Å². The molecule has 0 radical (unpaired) electrons. The van der Waals surface area contributed by atoms with Gasteiger partial charge in [0.15, 0.2) is 5.82 Å². The van der Waals surface area contributed by atoms with Crippen LogP contribution >= 0.6 is 12.4 Å². The van der Waals surface area contributed by atoms with E-state index in [0.29, 0.717) is 11.7 Å². The van der Waals surface area contributed by atoms with E-state index >= 15 is 0 Å². The SMILES string of the molecule is Cc1ccc(NC(=O)Cc2noc([C@H]3CCN3)n2)cc1.Cl. The minimum absolute atomic E-state index is 0. The summed E-state index contributed by atoms with van der Waals surface area (Å²) in [6.45, 7) is 2.97. The molecule has 2 aromatic rings. The number of halogens is 1. The topological polar surface area (TPSA) is 80.0 Å². The molecule has 2 N–H and O–H groups in total. The average molecular weight is 309 g/mol. The zero-order valence-electron chi connectivity index (χ0n) is 11.6. The molecule has 7 heteroatoms. The zero-order chi connectivity index (χ0) is 13.9. The number of aromatic nitrogens is 2. The molecule has 0 bridgehead atoms. The first-order valence-electron chi connectivity index (χ1n) is 6.63. The van der Waals surface area contributed by atoms with E-state index in [2.05, 4.69) is 20.8 Å². The fourth-order valence-electron chi connectivity index (χ4n) is 1.97. The van der Waals surface area contributed by atoms with Gasteiger partial charge in [0, 0.05) is 5.69 Å². The Morgan fingerprint density at radius 1 is 1.43 bits per heavy atom. The van der Waals surface area contributed by atoms with Crippen molar-refractivity contribution in [2.75, 3.05) is 11.9 Å². The molecule has 1 saturated heterocycles. The number of carbonyl (C=O) groups excluding carboxylic acids is 1. The van der Waals surface area contributed by atoms with Crippen LogP contribution in [0.2, 0.25) is 0 Å². The maximum absolute atomic E-state index is 11.9. The predicted octanol–water partition coefficient (Wildman–Crippen LogP) is 2.02. The van der Waals surface area contributed by atoms with Crippen LogP contribution in [-0.2, 0) is 11.2 Å². The Labute approximate surface area is 128 Å². The third-order valence-corrected chi connectivity index (χ3v) is 3.26. The standard InChI is InChI=1S/C14H16N4O2.ClH/c1-9-2-4-10(5-3-9)16-13(19)8-12-17-14(20-18-12)11-6-7-15-11;/h2-5,11,15H,6-8H2,1H3,(H,16,19);1H/t11-;/m1./s1. The molecule has 1 aliphatic rings. The normalized spacial score (nSPS) is 16.7. The van der Waals surface area contributed by atoms with Gasteiger partial charge in [-0.05, 0) is 32.0 Å². The van der Waals surface area contributed by atoms with Gasteiger partial charge in [0.05, 0.1) is 12.5 Å². The van der Waals surface area contributed by atoms with Crippen LogP contribution in [-0.4, -0.2) is 22.6 Å². The largest absolute Gasteiger partial charge is 0.338 e. The summed E-state index contributed by atoms with van der Waals surface area (Å²) in [7, 11) is 0. The van der Waals surface area contributed by atoms with Gasteiger partial charge in [-0.3, -0.25) is 4.79 Å². The molecule has 0 saturated carbocycles. The molecular formula is C14H17ClN4O2. The Balaban J connectivity index is 0.00000161. The van der Waals surface area contributed by atoms with Crippen molar-refractivity contribution >= 4 is 24.0 Å². The van der Waals surface area contributed by atoms with E-state index in [1.807, 2.05) is 31.2 Å². The van der Waals surface area contributed by atoms with Crippen molar-refractivity contribution < 1.29 is 9.32 Å². The van der Waals surface area contributed by atoms with Crippen LogP contribution in [0.4, 0.5) is 5.69 Å². The first-order chi connectivity index (χ1) is 9.70. The summed E-state index contributed by atoms with van der Waals surface area (Å²) in [5, 5.41) is 9.81. The van der Waals surface area contributed by atoms with E-state index in [-0.39, 0.29) is 30.8 Å². The summed E-state index contributed by atoms with van der Waals surface area (Å²) in [6.07, 6.45) is 1.11. The van der Waals surface area contributed by atoms with Crippen molar-refractivity contribution in [1.82, 2.24) is 15.5 Å². The summed E-state index contributed by atoms with van der Waals surface area (Å²) in [5.74, 6) is 0.829. The van der Waals surface area contributed by atoms with Crippen LogP contribution in [0.15, 0.2) is 28.8 Å². The predicted molar refractivity (Wildman–Crippen MR) is 80.4 cm³/mol. The summed E-state index contributed by atoms with van der Waals surface area (Å²) in [4.78, 5) is 16.1. The molecule has 1 aromatic carbocycles. The van der Waals surface area contributed by atoms with Gasteiger partial charge < -0.3 is 15.2 Å². The molecule has 1 amide bonds. The summed E-state index contributed by atoms with van der Waals surface area (Å²) in [6, 6.07) is 7.78. The van der Waals surface area contributed by atoms with Crippen LogP contribution in [0.25, 0.3) is 0 Å². The second-order valence-corrected chi connectivity index (χ2v) is 4.94. The highest BCUT2D eigenvalue weighted by atomic mass is 35.5. The Hall–Kier alpha value is -1.92. The van der Waals surface area contributed by atoms with Crippen LogP contribution in [0, 0.1) is 6.92 Å². The third-order valence-electron chi connectivity index (χ3n) is 3.26. The maximum Gasteiger partial charge on any atom is 0.243 e. The van der Waals surface area contributed by atoms with E-state index < -0.39 is 0 Å². The lowest BCUT2D eigenvalue weighted by molar-refractivity contribution is -0.115. The lowest BCUT2D eigenvalue weighted by Gasteiger charge is -2.23. The molecule has 0 unspecified atom stereocenters. The zero-order valence-corrected chi connectivity index (χ0v) is 12.4. The molecule has 1 fully saturated rings. The molecular weight excluding hydrogens is 292 g/mol. The van der Waals surface area contributed by atoms with Crippen LogP contribution < -0.4 is 10.6 Å². The number of hydrogen-bond acceptors (Lipinski definition) is 5. The second-order valence-electron chi connectivity index (χ2n) is 4.94. The van der Waals surface area contributed by atoms with E-state index in [9.17, 15) is 4.79 Å². The van der Waals surface area contributed by atoms with Crippen LogP contribution in [0.5, 0.6) is 0 Å². The molecule has 6 nitrogen and oxygen atoms in total. The van der Waals surface area contributed by atoms with Gasteiger partial charge in [0.25, 0.3) is 0 Å². The molecule has 112 valence electrons. The van der Waals surface area contributed by atoms with Crippen molar-refractivity contribution in [3.05, 3.63) is 41.5 Å². The molecule has 1 aliphatic heterocycles. The van der Waals surface area contributed by atoms with Crippen molar-refractivity contribution in [2.45, 2.75) is 25.8 Å². The number of rotatable bonds is 4. The Kier molecular flexibility index (Phi) is 4.93. The summed E-state index contributed by atoms with van der Waals surface area (Å²) < 4.78 is 5.13. The fraction of sp³-hybridized carbons (Fsp3) is 0.357. The molecule has 1 atom stereocenters. The van der Waals surface area contributed by atoms with Crippen molar-refractivity contribution in [2.24, 2.45) is 0 Å². The van der Waals surface area contributed by atoms with E-state index in [1.165, 1.54) is 0 Å². The number of anilines is 1. The third kappa shape index (κ3) is 3.80. The van der Waals surface area contributed by atoms with E-state index in [1.54, 1.807) is 0 Å². The van der Waals surface area contributed by atoms with Gasteiger partial charge in [0.2, 0.25) is 11.8 Å². The number of hydrogen-bond donors (Lipinski definition) is 2. The second kappa shape index (κ2) is 6.69. The van der Waals surface area contributed by atoms with Crippen molar-refractivity contribution in [3.8, 4) is 0 Å². The molecule has 1 aromatic heterocycles. The van der Waals surface area contributed by atoms with Crippen LogP contribution in [0.1, 0.15) is 29.7 Å². The smallest absolute Gasteiger partial charge is 0.243 e. The van der Waals surface area contributed by atoms with Gasteiger partial charge in [-0.1, -0.05) is 22.9 Å². The Morgan fingerprint density at radius 3 is 2.76 bits per heavy atom. The molecule has 0 aliphatic carbocycles. The minimum atomic E-state index is -0.150. The van der Waals surface area contributed by atoms with Gasteiger partial charge in [-0.2, -0.15) is 4.98 Å². The quantitative estimate of drug-likeness (QED) is 0.903. The van der Waals surface area contributed by atoms with Crippen molar-refractivity contribution in [3.63, 3.8) is 0 Å². The Morgan fingerprint density at radius 2 is 2.14 bits per heavy atom. The van der Waals surface area contributed by atoms with E-state index in [4.69, 9.17) is 4.52 Å². The van der Waals surface area contributed by atoms with Gasteiger partial charge >= 0.3 is 0 Å². The lowest BCUT2D eigenvalue weighted by Crippen LogP contribution is -2.35. The lowest BCUT2D eigenvalue weighted by atomic mass is 10.1. The number of nitrogens with zero attached hydrogens (tertiary/aromatic N) is 2. The van der Waals surface area contributed by atoms with E-state index in [0.717, 1.165) is 24.2 Å². The summed E-state index contributed by atoms with van der Waals surface area (Å²) >= 11 is 0. The maximum atomic E-state index is 11.9. The highest BCUT2D eigenvalue weighted by molar-refractivity contribution is 5.91. The first-order valence-corrected chi connectivity index (χ1v) is 6.63. The summed E-state index contributed by atoms with van der Waals surface area (Å²) in [5.41, 5.74) is 1.92. The molecule has 0 spiro atoms. The number of aryl methyl sites for hydroxylation is 1. The number of carbonyl (C=O) groups is 1. The fourth-order valence-corrected chi connectivity index (χ4v) is 1.97. The minimum Gasteiger partial charge on any atom is -0.338 e. The number of amides is 1. The number of nitrogens with one attached hydrogen (secondary N) is 2. The molecule has 2 heterocycles. The highest BCUT2D eigenvalue weighted by Crippen LogP contribution is 2.20.